The second-order valence-electron chi connectivity index (χ2n) is 3.31. The fraction of sp³-hybridized carbons (Fsp3) is 0.400. The van der Waals surface area contributed by atoms with Crippen molar-refractivity contribution in [2.75, 3.05) is 6.54 Å². The summed E-state index contributed by atoms with van der Waals surface area (Å²) >= 11 is 3.35. The first kappa shape index (κ1) is 12.0. The third-order valence-electron chi connectivity index (χ3n) is 2.39. The summed E-state index contributed by atoms with van der Waals surface area (Å²) in [7, 11) is 0. The van der Waals surface area contributed by atoms with Crippen LogP contribution in [0.1, 0.15) is 24.4 Å². The minimum atomic E-state index is -0.109. The van der Waals surface area contributed by atoms with Crippen LogP contribution in [-0.2, 0) is 0 Å². The van der Waals surface area contributed by atoms with E-state index in [9.17, 15) is 4.39 Å². The van der Waals surface area contributed by atoms with Crippen LogP contribution in [0.4, 0.5) is 4.39 Å². The molecular weight excluding hydrogens is 268 g/mol. The van der Waals surface area contributed by atoms with Crippen molar-refractivity contribution >= 4 is 28.3 Å². The quantitative estimate of drug-likeness (QED) is 0.831. The highest BCUT2D eigenvalue weighted by molar-refractivity contribution is 9.10. The van der Waals surface area contributed by atoms with Gasteiger partial charge in [0.2, 0.25) is 0 Å². The molecule has 1 heterocycles. The molecule has 78 valence electrons. The van der Waals surface area contributed by atoms with E-state index < -0.39 is 0 Å². The normalized spacial score (nSPS) is 20.6. The van der Waals surface area contributed by atoms with E-state index in [2.05, 4.69) is 21.2 Å². The van der Waals surface area contributed by atoms with Gasteiger partial charge in [-0.1, -0.05) is 15.9 Å². The van der Waals surface area contributed by atoms with Crippen molar-refractivity contribution in [1.29, 1.82) is 0 Å². The van der Waals surface area contributed by atoms with Crippen molar-refractivity contribution in [1.82, 2.24) is 5.32 Å². The highest BCUT2D eigenvalue weighted by atomic mass is 79.9. The van der Waals surface area contributed by atoms with Gasteiger partial charge in [-0.15, -0.1) is 12.4 Å². The Kier molecular flexibility index (Phi) is 4.35. The molecule has 1 aliphatic heterocycles. The van der Waals surface area contributed by atoms with E-state index in [0.29, 0.717) is 0 Å². The van der Waals surface area contributed by atoms with Gasteiger partial charge in [-0.05, 0) is 37.6 Å². The zero-order valence-corrected chi connectivity index (χ0v) is 10.00. The van der Waals surface area contributed by atoms with E-state index in [1.165, 1.54) is 6.07 Å². The summed E-state index contributed by atoms with van der Waals surface area (Å²) in [5, 5.41) is 3.28. The van der Waals surface area contributed by atoms with Gasteiger partial charge in [-0.25, -0.2) is 4.39 Å². The summed E-state index contributed by atoms with van der Waals surface area (Å²) in [5.41, 5.74) is 0.784. The molecule has 0 unspecified atom stereocenters. The van der Waals surface area contributed by atoms with Crippen LogP contribution in [0.3, 0.4) is 0 Å². The maximum Gasteiger partial charge on any atom is 0.128 e. The van der Waals surface area contributed by atoms with Crippen molar-refractivity contribution in [3.8, 4) is 0 Å². The van der Waals surface area contributed by atoms with Crippen LogP contribution in [0.15, 0.2) is 22.7 Å². The molecule has 1 saturated heterocycles. The van der Waals surface area contributed by atoms with Crippen LogP contribution in [0.5, 0.6) is 0 Å². The van der Waals surface area contributed by atoms with Gasteiger partial charge < -0.3 is 5.32 Å². The summed E-state index contributed by atoms with van der Waals surface area (Å²) < 4.78 is 14.3. The highest BCUT2D eigenvalue weighted by Gasteiger charge is 2.19. The molecule has 1 aromatic rings. The lowest BCUT2D eigenvalue weighted by Gasteiger charge is -2.11. The number of benzene rings is 1. The fourth-order valence-electron chi connectivity index (χ4n) is 1.73. The molecule has 0 amide bonds. The molecule has 0 bridgehead atoms. The third kappa shape index (κ3) is 2.47. The molecule has 0 aromatic heterocycles. The van der Waals surface area contributed by atoms with Crippen LogP contribution < -0.4 is 5.32 Å². The van der Waals surface area contributed by atoms with Gasteiger partial charge in [0.1, 0.15) is 5.82 Å². The van der Waals surface area contributed by atoms with Crippen LogP contribution >= 0.6 is 28.3 Å². The first-order valence-corrected chi connectivity index (χ1v) is 5.25. The SMILES string of the molecule is Cl.Fc1ccc(Br)cc1[C@@H]1CCCN1. The topological polar surface area (TPSA) is 12.0 Å². The molecule has 1 aliphatic rings. The molecule has 0 aliphatic carbocycles. The van der Waals surface area contributed by atoms with Crippen LogP contribution in [-0.4, -0.2) is 6.54 Å². The standard InChI is InChI=1S/C10H11BrFN.ClH/c11-7-3-4-9(12)8(6-7)10-2-1-5-13-10;/h3-4,6,10,13H,1-2,5H2;1H/t10-;/m0./s1. The van der Waals surface area contributed by atoms with Crippen molar-refractivity contribution in [2.24, 2.45) is 0 Å². The molecular formula is C10H12BrClFN. The number of rotatable bonds is 1. The maximum atomic E-state index is 13.4. The highest BCUT2D eigenvalue weighted by Crippen LogP contribution is 2.27. The lowest BCUT2D eigenvalue weighted by Crippen LogP contribution is -2.14. The van der Waals surface area contributed by atoms with E-state index in [4.69, 9.17) is 0 Å². The van der Waals surface area contributed by atoms with Gasteiger partial charge in [0.05, 0.1) is 0 Å². The molecule has 1 atom stereocenters. The Balaban J connectivity index is 0.000000980. The van der Waals surface area contributed by atoms with Crippen molar-refractivity contribution in [2.45, 2.75) is 18.9 Å². The minimum Gasteiger partial charge on any atom is -0.310 e. The number of nitrogens with one attached hydrogen (secondary N) is 1. The molecule has 1 fully saturated rings. The zero-order chi connectivity index (χ0) is 9.26. The van der Waals surface area contributed by atoms with Crippen molar-refractivity contribution in [3.63, 3.8) is 0 Å². The Morgan fingerprint density at radius 2 is 2.21 bits per heavy atom. The molecule has 1 nitrogen and oxygen atoms in total. The van der Waals surface area contributed by atoms with Gasteiger partial charge in [-0.2, -0.15) is 0 Å². The smallest absolute Gasteiger partial charge is 0.128 e. The predicted molar refractivity (Wildman–Crippen MR) is 61.3 cm³/mol. The van der Waals surface area contributed by atoms with Gasteiger partial charge in [0.15, 0.2) is 0 Å². The second kappa shape index (κ2) is 5.10. The summed E-state index contributed by atoms with van der Waals surface area (Å²) in [5.74, 6) is -0.109. The van der Waals surface area contributed by atoms with Gasteiger partial charge in [0.25, 0.3) is 0 Å². The van der Waals surface area contributed by atoms with E-state index in [0.717, 1.165) is 29.4 Å². The molecule has 2 rings (SSSR count). The summed E-state index contributed by atoms with van der Waals surface area (Å²) in [6, 6.07) is 5.31. The zero-order valence-electron chi connectivity index (χ0n) is 7.59. The molecule has 0 saturated carbocycles. The first-order chi connectivity index (χ1) is 6.27. The van der Waals surface area contributed by atoms with E-state index >= 15 is 0 Å². The lowest BCUT2D eigenvalue weighted by atomic mass is 10.1. The maximum absolute atomic E-state index is 13.4. The van der Waals surface area contributed by atoms with Crippen molar-refractivity contribution < 1.29 is 4.39 Å². The second-order valence-corrected chi connectivity index (χ2v) is 4.23. The Hall–Kier alpha value is -0.120. The van der Waals surface area contributed by atoms with Crippen molar-refractivity contribution in [3.05, 3.63) is 34.1 Å². The molecule has 1 aromatic carbocycles. The molecule has 0 radical (unpaired) electrons. The summed E-state index contributed by atoms with van der Waals surface area (Å²) in [4.78, 5) is 0. The fourth-order valence-corrected chi connectivity index (χ4v) is 2.11. The van der Waals surface area contributed by atoms with Crippen LogP contribution in [0.2, 0.25) is 0 Å². The van der Waals surface area contributed by atoms with Gasteiger partial charge in [0, 0.05) is 16.1 Å². The predicted octanol–water partition coefficient (Wildman–Crippen LogP) is 3.43. The molecule has 0 spiro atoms. The van der Waals surface area contributed by atoms with Crippen LogP contribution in [0.25, 0.3) is 0 Å². The lowest BCUT2D eigenvalue weighted by molar-refractivity contribution is 0.558. The monoisotopic (exact) mass is 279 g/mol. The van der Waals surface area contributed by atoms with E-state index in [-0.39, 0.29) is 24.3 Å². The average Bonchev–Trinajstić information content (AvgIpc) is 2.61. The Bertz CT molecular complexity index is 313. The Morgan fingerprint density at radius 1 is 1.43 bits per heavy atom. The Labute approximate surface area is 97.6 Å². The van der Waals surface area contributed by atoms with Gasteiger partial charge >= 0.3 is 0 Å². The summed E-state index contributed by atoms with van der Waals surface area (Å²) in [6.07, 6.45) is 2.17. The number of halogens is 3. The average molecular weight is 281 g/mol. The minimum absolute atomic E-state index is 0. The number of hydrogen-bond acceptors (Lipinski definition) is 1. The van der Waals surface area contributed by atoms with E-state index in [1.54, 1.807) is 6.07 Å². The van der Waals surface area contributed by atoms with Gasteiger partial charge in [-0.3, -0.25) is 0 Å². The summed E-state index contributed by atoms with van der Waals surface area (Å²) in [6.45, 7) is 0.997. The largest absolute Gasteiger partial charge is 0.310 e. The molecule has 1 N–H and O–H groups in total. The Morgan fingerprint density at radius 3 is 2.86 bits per heavy atom. The third-order valence-corrected chi connectivity index (χ3v) is 2.89. The van der Waals surface area contributed by atoms with Crippen LogP contribution in [0, 0.1) is 5.82 Å². The van der Waals surface area contributed by atoms with E-state index in [1.807, 2.05) is 6.07 Å². The molecule has 4 heteroatoms. The first-order valence-electron chi connectivity index (χ1n) is 4.46. The number of hydrogen-bond donors (Lipinski definition) is 1. The molecule has 14 heavy (non-hydrogen) atoms.